The Morgan fingerprint density at radius 2 is 2.14 bits per heavy atom. The number of hydrogen-bond donors (Lipinski definition) is 0. The Kier molecular flexibility index (Phi) is 2.95. The Hall–Kier alpha value is 0.0600. The molecule has 0 aliphatic carbocycles. The summed E-state index contributed by atoms with van der Waals surface area (Å²) in [4.78, 5) is 3.93. The summed E-state index contributed by atoms with van der Waals surface area (Å²) in [6.45, 7) is 0. The predicted octanol–water partition coefficient (Wildman–Crippen LogP) is 4.39. The van der Waals surface area contributed by atoms with Crippen molar-refractivity contribution < 1.29 is 4.39 Å². The summed E-state index contributed by atoms with van der Waals surface area (Å²) in [5.41, 5.74) is 0. The molecule has 2 rings (SSSR count). The van der Waals surface area contributed by atoms with Gasteiger partial charge in [0.25, 0.3) is 0 Å². The molecule has 0 N–H and O–H groups in total. The quantitative estimate of drug-likeness (QED) is 0.483. The van der Waals surface area contributed by atoms with Gasteiger partial charge in [0.05, 0.1) is 5.02 Å². The lowest BCUT2D eigenvalue weighted by Crippen LogP contribution is -1.88. The molecule has 0 spiro atoms. The molecule has 0 unspecified atom stereocenters. The molecule has 1 heterocycles. The standard InChI is InChI=1S/C9H3BrClFIN/c10-5-1-6(11)9(12)4-2-14-3-7(13)8(4)5/h1-3H. The zero-order chi connectivity index (χ0) is 10.3. The van der Waals surface area contributed by atoms with Gasteiger partial charge < -0.3 is 0 Å². The molecule has 0 atom stereocenters. The molecular weight excluding hydrogens is 383 g/mol. The molecule has 0 aliphatic heterocycles. The summed E-state index contributed by atoms with van der Waals surface area (Å²) in [7, 11) is 0. The molecule has 1 aromatic carbocycles. The van der Waals surface area contributed by atoms with E-state index in [0.29, 0.717) is 5.39 Å². The highest BCUT2D eigenvalue weighted by Crippen LogP contribution is 2.33. The maximum absolute atomic E-state index is 13.6. The fraction of sp³-hybridized carbons (Fsp3) is 0. The van der Waals surface area contributed by atoms with Crippen LogP contribution in [0, 0.1) is 9.39 Å². The summed E-state index contributed by atoms with van der Waals surface area (Å²) in [6, 6.07) is 1.56. The van der Waals surface area contributed by atoms with E-state index in [1.165, 1.54) is 6.20 Å². The molecule has 1 nitrogen and oxygen atoms in total. The van der Waals surface area contributed by atoms with Gasteiger partial charge in [0.2, 0.25) is 0 Å². The minimum atomic E-state index is -0.420. The molecule has 1 aromatic heterocycles. The highest BCUT2D eigenvalue weighted by molar-refractivity contribution is 14.1. The average molecular weight is 386 g/mol. The van der Waals surface area contributed by atoms with E-state index in [0.717, 1.165) is 13.4 Å². The van der Waals surface area contributed by atoms with Gasteiger partial charge in [0.15, 0.2) is 5.82 Å². The molecule has 72 valence electrons. The van der Waals surface area contributed by atoms with Gasteiger partial charge in [-0.15, -0.1) is 0 Å². The van der Waals surface area contributed by atoms with Crippen molar-refractivity contribution in [3.8, 4) is 0 Å². The summed E-state index contributed by atoms with van der Waals surface area (Å²) in [5.74, 6) is -0.420. The van der Waals surface area contributed by atoms with E-state index in [4.69, 9.17) is 11.6 Å². The summed E-state index contributed by atoms with van der Waals surface area (Å²) < 4.78 is 15.2. The van der Waals surface area contributed by atoms with Crippen LogP contribution in [0.4, 0.5) is 4.39 Å². The largest absolute Gasteiger partial charge is 0.263 e. The number of hydrogen-bond acceptors (Lipinski definition) is 1. The monoisotopic (exact) mass is 385 g/mol. The second-order valence-electron chi connectivity index (χ2n) is 2.70. The molecule has 0 bridgehead atoms. The van der Waals surface area contributed by atoms with Gasteiger partial charge in [-0.2, -0.15) is 0 Å². The van der Waals surface area contributed by atoms with Crippen LogP contribution in [0.1, 0.15) is 0 Å². The molecule has 0 amide bonds. The molecular formula is C9H3BrClFIN. The number of benzene rings is 1. The minimum absolute atomic E-state index is 0.105. The second kappa shape index (κ2) is 3.90. The lowest BCUT2D eigenvalue weighted by molar-refractivity contribution is 0.639. The van der Waals surface area contributed by atoms with Gasteiger partial charge in [-0.3, -0.25) is 4.98 Å². The van der Waals surface area contributed by atoms with Gasteiger partial charge in [0.1, 0.15) is 0 Å². The van der Waals surface area contributed by atoms with E-state index in [2.05, 4.69) is 43.5 Å². The Bertz CT molecular complexity index is 518. The first kappa shape index (κ1) is 10.6. The first-order valence-electron chi connectivity index (χ1n) is 3.68. The average Bonchev–Trinajstić information content (AvgIpc) is 2.14. The van der Waals surface area contributed by atoms with Crippen LogP contribution < -0.4 is 0 Å². The molecule has 0 saturated heterocycles. The Morgan fingerprint density at radius 3 is 2.86 bits per heavy atom. The van der Waals surface area contributed by atoms with Crippen molar-refractivity contribution in [1.29, 1.82) is 0 Å². The van der Waals surface area contributed by atoms with Crippen molar-refractivity contribution >= 4 is 60.9 Å². The third-order valence-electron chi connectivity index (χ3n) is 1.84. The lowest BCUT2D eigenvalue weighted by atomic mass is 10.2. The molecule has 0 aliphatic rings. The lowest BCUT2D eigenvalue weighted by Gasteiger charge is -2.05. The molecule has 0 radical (unpaired) electrons. The summed E-state index contributed by atoms with van der Waals surface area (Å²) in [6.07, 6.45) is 3.16. The van der Waals surface area contributed by atoms with Crippen molar-refractivity contribution in [3.05, 3.63) is 37.3 Å². The van der Waals surface area contributed by atoms with Gasteiger partial charge >= 0.3 is 0 Å². The smallest absolute Gasteiger partial charge is 0.151 e. The number of aromatic nitrogens is 1. The SMILES string of the molecule is Fc1c(Cl)cc(Br)c2c(I)cncc12. The molecule has 0 saturated carbocycles. The zero-order valence-electron chi connectivity index (χ0n) is 6.69. The number of nitrogens with zero attached hydrogens (tertiary/aromatic N) is 1. The minimum Gasteiger partial charge on any atom is -0.263 e. The van der Waals surface area contributed by atoms with E-state index in [-0.39, 0.29) is 5.02 Å². The van der Waals surface area contributed by atoms with Crippen LogP contribution in [0.3, 0.4) is 0 Å². The highest BCUT2D eigenvalue weighted by Gasteiger charge is 2.11. The van der Waals surface area contributed by atoms with E-state index in [9.17, 15) is 4.39 Å². The normalized spacial score (nSPS) is 10.9. The third kappa shape index (κ3) is 1.63. The third-order valence-corrected chi connectivity index (χ3v) is 3.56. The summed E-state index contributed by atoms with van der Waals surface area (Å²) >= 11 is 11.2. The molecule has 2 aromatic rings. The van der Waals surface area contributed by atoms with Crippen molar-refractivity contribution in [2.75, 3.05) is 0 Å². The van der Waals surface area contributed by atoms with E-state index in [1.807, 2.05) is 0 Å². The number of pyridine rings is 1. The van der Waals surface area contributed by atoms with Crippen LogP contribution >= 0.6 is 50.1 Å². The van der Waals surface area contributed by atoms with Gasteiger partial charge in [-0.05, 0) is 28.7 Å². The number of fused-ring (bicyclic) bond motifs is 1. The van der Waals surface area contributed by atoms with Crippen LogP contribution in [-0.2, 0) is 0 Å². The van der Waals surface area contributed by atoms with Crippen molar-refractivity contribution in [1.82, 2.24) is 4.98 Å². The van der Waals surface area contributed by atoms with E-state index >= 15 is 0 Å². The predicted molar refractivity (Wildman–Crippen MR) is 67.1 cm³/mol. The van der Waals surface area contributed by atoms with Crippen molar-refractivity contribution in [3.63, 3.8) is 0 Å². The van der Waals surface area contributed by atoms with Crippen LogP contribution in [0.15, 0.2) is 22.9 Å². The number of rotatable bonds is 0. The first-order chi connectivity index (χ1) is 6.61. The Balaban J connectivity index is 3.02. The van der Waals surface area contributed by atoms with Crippen LogP contribution in [-0.4, -0.2) is 4.98 Å². The van der Waals surface area contributed by atoms with Crippen molar-refractivity contribution in [2.24, 2.45) is 0 Å². The maximum atomic E-state index is 13.6. The zero-order valence-corrected chi connectivity index (χ0v) is 11.2. The molecule has 5 heteroatoms. The first-order valence-corrected chi connectivity index (χ1v) is 5.93. The molecule has 14 heavy (non-hydrogen) atoms. The topological polar surface area (TPSA) is 12.9 Å². The van der Waals surface area contributed by atoms with Crippen LogP contribution in [0.2, 0.25) is 5.02 Å². The fourth-order valence-electron chi connectivity index (χ4n) is 1.22. The van der Waals surface area contributed by atoms with Gasteiger partial charge in [0, 0.05) is 31.2 Å². The Labute approximate surface area is 107 Å². The highest BCUT2D eigenvalue weighted by atomic mass is 127. The number of halogens is 4. The van der Waals surface area contributed by atoms with Gasteiger partial charge in [-0.1, -0.05) is 27.5 Å². The summed E-state index contributed by atoms with van der Waals surface area (Å²) in [5, 5.41) is 1.35. The van der Waals surface area contributed by atoms with E-state index in [1.54, 1.807) is 12.3 Å². The van der Waals surface area contributed by atoms with Crippen molar-refractivity contribution in [2.45, 2.75) is 0 Å². The second-order valence-corrected chi connectivity index (χ2v) is 5.12. The maximum Gasteiger partial charge on any atom is 0.151 e. The van der Waals surface area contributed by atoms with E-state index < -0.39 is 5.82 Å². The van der Waals surface area contributed by atoms with Crippen LogP contribution in [0.25, 0.3) is 10.8 Å². The Morgan fingerprint density at radius 1 is 1.43 bits per heavy atom. The van der Waals surface area contributed by atoms with Crippen LogP contribution in [0.5, 0.6) is 0 Å². The fourth-order valence-corrected chi connectivity index (χ4v) is 3.33. The van der Waals surface area contributed by atoms with Gasteiger partial charge in [-0.25, -0.2) is 4.39 Å². The molecule has 0 fully saturated rings.